The van der Waals surface area contributed by atoms with Crippen LogP contribution in [-0.2, 0) is 28.8 Å². The summed E-state index contributed by atoms with van der Waals surface area (Å²) in [6, 6.07) is -4.45. The number of carboxylic acids is 2. The Hall–Kier alpha value is -3.26. The summed E-state index contributed by atoms with van der Waals surface area (Å²) in [7, 11) is 0. The molecular weight excluding hydrogens is 394 g/mol. The van der Waals surface area contributed by atoms with E-state index in [4.69, 9.17) is 21.7 Å². The minimum Gasteiger partial charge on any atom is -0.481 e. The highest BCUT2D eigenvalue weighted by atomic mass is 16.4. The number of primary amides is 1. The van der Waals surface area contributed by atoms with E-state index in [1.807, 2.05) is 5.32 Å². The Balaban J connectivity index is 5.10. The second kappa shape index (κ2) is 13.0. The van der Waals surface area contributed by atoms with E-state index in [9.17, 15) is 33.9 Å². The molecule has 0 aliphatic heterocycles. The first kappa shape index (κ1) is 25.7. The molecular formula is C15H25N5O9. The maximum atomic E-state index is 12.3. The van der Waals surface area contributed by atoms with Crippen LogP contribution in [0, 0.1) is 0 Å². The summed E-state index contributed by atoms with van der Waals surface area (Å²) in [6.45, 7) is -1.37. The number of rotatable bonds is 14. The number of aliphatic carboxylic acids is 2. The van der Waals surface area contributed by atoms with E-state index in [0.29, 0.717) is 0 Å². The van der Waals surface area contributed by atoms with Crippen LogP contribution in [0.2, 0.25) is 0 Å². The molecule has 0 aromatic rings. The average molecular weight is 419 g/mol. The van der Waals surface area contributed by atoms with Crippen LogP contribution in [0.1, 0.15) is 25.7 Å². The van der Waals surface area contributed by atoms with E-state index in [0.717, 1.165) is 0 Å². The first-order valence-electron chi connectivity index (χ1n) is 8.45. The fourth-order valence-corrected chi connectivity index (χ4v) is 2.07. The molecule has 164 valence electrons. The van der Waals surface area contributed by atoms with Gasteiger partial charge in [-0.05, 0) is 12.8 Å². The van der Waals surface area contributed by atoms with Crippen molar-refractivity contribution in [2.75, 3.05) is 13.2 Å². The number of hydrogen-bond acceptors (Lipinski definition) is 8. The average Bonchev–Trinajstić information content (AvgIpc) is 2.64. The molecule has 3 atom stereocenters. The van der Waals surface area contributed by atoms with Gasteiger partial charge >= 0.3 is 11.9 Å². The van der Waals surface area contributed by atoms with Crippen LogP contribution >= 0.6 is 0 Å². The minimum absolute atomic E-state index is 0.205. The van der Waals surface area contributed by atoms with Crippen LogP contribution in [-0.4, -0.2) is 82.2 Å². The van der Waals surface area contributed by atoms with Gasteiger partial charge in [-0.1, -0.05) is 0 Å². The lowest BCUT2D eigenvalue weighted by Gasteiger charge is -2.23. The number of amides is 4. The molecule has 4 amide bonds. The molecule has 0 fully saturated rings. The third kappa shape index (κ3) is 10.6. The van der Waals surface area contributed by atoms with Gasteiger partial charge < -0.3 is 42.7 Å². The second-order valence-electron chi connectivity index (χ2n) is 5.90. The predicted octanol–water partition coefficient (Wildman–Crippen LogP) is -4.39. The van der Waals surface area contributed by atoms with Crippen molar-refractivity contribution in [1.29, 1.82) is 0 Å². The Bertz CT molecular complexity index is 640. The van der Waals surface area contributed by atoms with Gasteiger partial charge in [-0.3, -0.25) is 24.0 Å². The van der Waals surface area contributed by atoms with E-state index in [1.54, 1.807) is 0 Å². The third-order valence-electron chi connectivity index (χ3n) is 3.59. The Labute approximate surface area is 165 Å². The van der Waals surface area contributed by atoms with Gasteiger partial charge in [0, 0.05) is 12.8 Å². The summed E-state index contributed by atoms with van der Waals surface area (Å²) in [5.74, 6) is -6.28. The molecule has 0 aliphatic rings. The number of carbonyl (C=O) groups excluding carboxylic acids is 4. The largest absolute Gasteiger partial charge is 0.481 e. The van der Waals surface area contributed by atoms with Crippen molar-refractivity contribution in [3.05, 3.63) is 0 Å². The SMILES string of the molecule is NCC(=O)NC(CCC(N)=O)C(=O)NC(CO)C(=O)NC(CCC(=O)O)C(=O)O. The van der Waals surface area contributed by atoms with E-state index in [-0.39, 0.29) is 12.8 Å². The molecule has 0 saturated heterocycles. The van der Waals surface area contributed by atoms with Gasteiger partial charge in [0.05, 0.1) is 13.2 Å². The zero-order valence-electron chi connectivity index (χ0n) is 15.4. The van der Waals surface area contributed by atoms with Crippen LogP contribution in [0.5, 0.6) is 0 Å². The van der Waals surface area contributed by atoms with Crippen molar-refractivity contribution in [1.82, 2.24) is 16.0 Å². The van der Waals surface area contributed by atoms with Crippen molar-refractivity contribution in [2.24, 2.45) is 11.5 Å². The molecule has 14 nitrogen and oxygen atoms in total. The van der Waals surface area contributed by atoms with E-state index < -0.39 is 79.7 Å². The fourth-order valence-electron chi connectivity index (χ4n) is 2.07. The van der Waals surface area contributed by atoms with Crippen LogP contribution < -0.4 is 27.4 Å². The van der Waals surface area contributed by atoms with E-state index >= 15 is 0 Å². The van der Waals surface area contributed by atoms with Crippen LogP contribution in [0.25, 0.3) is 0 Å². The summed E-state index contributed by atoms with van der Waals surface area (Å²) in [5.41, 5.74) is 10.2. The minimum atomic E-state index is -1.60. The zero-order valence-corrected chi connectivity index (χ0v) is 15.4. The molecule has 0 heterocycles. The van der Waals surface area contributed by atoms with E-state index in [2.05, 4.69) is 10.6 Å². The van der Waals surface area contributed by atoms with Crippen molar-refractivity contribution in [3.63, 3.8) is 0 Å². The molecule has 0 radical (unpaired) electrons. The number of aliphatic hydroxyl groups is 1. The maximum Gasteiger partial charge on any atom is 0.326 e. The maximum absolute atomic E-state index is 12.3. The summed E-state index contributed by atoms with van der Waals surface area (Å²) in [4.78, 5) is 68.5. The molecule has 29 heavy (non-hydrogen) atoms. The molecule has 0 spiro atoms. The molecule has 0 aromatic carbocycles. The predicted molar refractivity (Wildman–Crippen MR) is 94.9 cm³/mol. The summed E-state index contributed by atoms with van der Waals surface area (Å²) >= 11 is 0. The van der Waals surface area contributed by atoms with Gasteiger partial charge in [-0.25, -0.2) is 4.79 Å². The summed E-state index contributed by atoms with van der Waals surface area (Å²) < 4.78 is 0. The second-order valence-corrected chi connectivity index (χ2v) is 5.90. The Kier molecular flexibility index (Phi) is 11.5. The number of hydrogen-bond donors (Lipinski definition) is 8. The van der Waals surface area contributed by atoms with Gasteiger partial charge in [0.2, 0.25) is 23.6 Å². The van der Waals surface area contributed by atoms with Crippen LogP contribution in [0.3, 0.4) is 0 Å². The van der Waals surface area contributed by atoms with Crippen LogP contribution in [0.4, 0.5) is 0 Å². The smallest absolute Gasteiger partial charge is 0.326 e. The quantitative estimate of drug-likeness (QED) is 0.134. The number of carbonyl (C=O) groups is 6. The molecule has 0 rings (SSSR count). The standard InChI is InChI=1S/C15H25N5O9/c16-5-11(23)18-7(1-3-10(17)22)13(26)20-9(6-21)14(27)19-8(15(28)29)2-4-12(24)25/h7-9,21H,1-6,16H2,(H2,17,22)(H,18,23)(H,19,27)(H,20,26)(H,24,25)(H,28,29). The summed E-state index contributed by atoms with van der Waals surface area (Å²) in [6.07, 6.45) is -1.43. The lowest BCUT2D eigenvalue weighted by molar-refractivity contribution is -0.143. The van der Waals surface area contributed by atoms with Crippen LogP contribution in [0.15, 0.2) is 0 Å². The van der Waals surface area contributed by atoms with Crippen molar-refractivity contribution in [2.45, 2.75) is 43.8 Å². The monoisotopic (exact) mass is 419 g/mol. The number of nitrogens with two attached hydrogens (primary N) is 2. The molecule has 0 saturated carbocycles. The summed E-state index contributed by atoms with van der Waals surface area (Å²) in [5, 5.41) is 33.4. The Morgan fingerprint density at radius 2 is 1.31 bits per heavy atom. The first-order valence-corrected chi connectivity index (χ1v) is 8.45. The highest BCUT2D eigenvalue weighted by Gasteiger charge is 2.29. The number of aliphatic hydroxyl groups excluding tert-OH is 1. The molecule has 0 aromatic heterocycles. The van der Waals surface area contributed by atoms with Gasteiger partial charge in [0.1, 0.15) is 18.1 Å². The lowest BCUT2D eigenvalue weighted by atomic mass is 10.1. The van der Waals surface area contributed by atoms with Crippen molar-refractivity contribution < 1.29 is 44.1 Å². The lowest BCUT2D eigenvalue weighted by Crippen LogP contribution is -2.57. The fraction of sp³-hybridized carbons (Fsp3) is 0.600. The van der Waals surface area contributed by atoms with Gasteiger partial charge in [0.15, 0.2) is 0 Å². The third-order valence-corrected chi connectivity index (χ3v) is 3.59. The number of carboxylic acid groups (broad SMARTS) is 2. The molecule has 10 N–H and O–H groups in total. The zero-order chi connectivity index (χ0) is 22.6. The topological polar surface area (TPSA) is 251 Å². The molecule has 0 bridgehead atoms. The van der Waals surface area contributed by atoms with Gasteiger partial charge in [0.25, 0.3) is 0 Å². The van der Waals surface area contributed by atoms with Crippen molar-refractivity contribution in [3.8, 4) is 0 Å². The first-order chi connectivity index (χ1) is 13.5. The Morgan fingerprint density at radius 1 is 0.793 bits per heavy atom. The Morgan fingerprint density at radius 3 is 1.76 bits per heavy atom. The highest BCUT2D eigenvalue weighted by Crippen LogP contribution is 2.01. The van der Waals surface area contributed by atoms with Gasteiger partial charge in [-0.2, -0.15) is 0 Å². The van der Waals surface area contributed by atoms with E-state index in [1.165, 1.54) is 0 Å². The molecule has 14 heteroatoms. The number of nitrogens with one attached hydrogen (secondary N) is 3. The van der Waals surface area contributed by atoms with Crippen molar-refractivity contribution >= 4 is 35.6 Å². The normalized spacial score (nSPS) is 13.4. The molecule has 0 aliphatic carbocycles. The highest BCUT2D eigenvalue weighted by molar-refractivity contribution is 5.94. The molecule has 3 unspecified atom stereocenters. The van der Waals surface area contributed by atoms with Gasteiger partial charge in [-0.15, -0.1) is 0 Å².